The summed E-state index contributed by atoms with van der Waals surface area (Å²) >= 11 is 10.8. The molecule has 1 rings (SSSR count). The highest BCUT2D eigenvalue weighted by molar-refractivity contribution is 6.52. The molecule has 104 valence electrons. The molecule has 19 heavy (non-hydrogen) atoms. The molecule has 0 spiro atoms. The number of hydrogen-bond acceptors (Lipinski definition) is 5. The number of carbonyl (C=O) groups excluding carboxylic acids is 1. The minimum Gasteiger partial charge on any atom is -0.454 e. The molecule has 0 fully saturated rings. The quantitative estimate of drug-likeness (QED) is 0.390. The summed E-state index contributed by atoms with van der Waals surface area (Å²) in [7, 11) is 0. The lowest BCUT2D eigenvalue weighted by Gasteiger charge is -2.21. The van der Waals surface area contributed by atoms with Gasteiger partial charge in [0.2, 0.25) is 4.84 Å². The van der Waals surface area contributed by atoms with Crippen LogP contribution in [0, 0.1) is 10.1 Å². The van der Waals surface area contributed by atoms with Crippen molar-refractivity contribution in [2.45, 2.75) is 23.9 Å². The van der Waals surface area contributed by atoms with Crippen molar-refractivity contribution >= 4 is 34.9 Å². The third-order valence-corrected chi connectivity index (χ3v) is 2.69. The van der Waals surface area contributed by atoms with E-state index in [0.717, 1.165) is 0 Å². The van der Waals surface area contributed by atoms with Crippen LogP contribution >= 0.6 is 23.2 Å². The molecule has 6 nitrogen and oxygen atoms in total. The van der Waals surface area contributed by atoms with Gasteiger partial charge in [0.25, 0.3) is 5.69 Å². The van der Waals surface area contributed by atoms with E-state index in [1.165, 1.54) is 24.3 Å². The molecule has 2 atom stereocenters. The van der Waals surface area contributed by atoms with Crippen LogP contribution in [0.3, 0.4) is 0 Å². The first-order valence-corrected chi connectivity index (χ1v) is 6.18. The van der Waals surface area contributed by atoms with Crippen molar-refractivity contribution in [3.8, 4) is 0 Å². The first kappa shape index (κ1) is 15.7. The van der Waals surface area contributed by atoms with Crippen LogP contribution in [-0.4, -0.2) is 21.8 Å². The second kappa shape index (κ2) is 6.70. The fourth-order valence-electron chi connectivity index (χ4n) is 1.44. The number of ether oxygens (including phenoxy) is 1. The minimum absolute atomic E-state index is 0.0638. The number of rotatable bonds is 5. The highest BCUT2D eigenvalue weighted by atomic mass is 35.5. The Bertz CT molecular complexity index is 462. The van der Waals surface area contributed by atoms with Crippen LogP contribution < -0.4 is 5.73 Å². The number of benzene rings is 1. The van der Waals surface area contributed by atoms with Crippen molar-refractivity contribution in [3.63, 3.8) is 0 Å². The first-order valence-electron chi connectivity index (χ1n) is 5.31. The maximum Gasteiger partial charge on any atom is 0.340 e. The van der Waals surface area contributed by atoms with E-state index in [4.69, 9.17) is 33.7 Å². The molecule has 0 aliphatic rings. The second-order valence-corrected chi connectivity index (χ2v) is 4.96. The molecule has 0 heterocycles. The van der Waals surface area contributed by atoms with E-state index in [0.29, 0.717) is 5.56 Å². The third kappa shape index (κ3) is 4.34. The highest BCUT2D eigenvalue weighted by Gasteiger charge is 2.24. The number of nitrogens with two attached hydrogens (primary N) is 1. The summed E-state index contributed by atoms with van der Waals surface area (Å²) in [6.07, 6.45) is -0.770. The van der Waals surface area contributed by atoms with Crippen molar-refractivity contribution in [1.29, 1.82) is 0 Å². The van der Waals surface area contributed by atoms with Gasteiger partial charge in [-0.3, -0.25) is 10.1 Å². The molecule has 0 radical (unpaired) electrons. The predicted octanol–water partition coefficient (Wildman–Crippen LogP) is 2.33. The average molecular weight is 307 g/mol. The summed E-state index contributed by atoms with van der Waals surface area (Å²) in [5.41, 5.74) is 6.18. The van der Waals surface area contributed by atoms with Crippen LogP contribution in [0.15, 0.2) is 24.3 Å². The van der Waals surface area contributed by atoms with Crippen molar-refractivity contribution in [1.82, 2.24) is 0 Å². The predicted molar refractivity (Wildman–Crippen MR) is 71.1 cm³/mol. The van der Waals surface area contributed by atoms with E-state index in [2.05, 4.69) is 0 Å². The summed E-state index contributed by atoms with van der Waals surface area (Å²) in [6, 6.07) is 5.03. The summed E-state index contributed by atoms with van der Waals surface area (Å²) in [5, 5.41) is 10.5. The Labute approximate surface area is 119 Å². The van der Waals surface area contributed by atoms with Crippen molar-refractivity contribution in [2.24, 2.45) is 5.73 Å². The van der Waals surface area contributed by atoms with Crippen LogP contribution in [0.2, 0.25) is 0 Å². The number of carbonyl (C=O) groups is 1. The monoisotopic (exact) mass is 306 g/mol. The molecule has 1 aromatic carbocycles. The SMILES string of the molecule is C[C@H](N)C(OC(=O)C(Cl)Cl)c1ccc([N+](=O)[O-])cc1. The Balaban J connectivity index is 2.93. The Kier molecular flexibility index (Phi) is 5.53. The topological polar surface area (TPSA) is 95.5 Å². The van der Waals surface area contributed by atoms with Gasteiger partial charge in [0.1, 0.15) is 6.10 Å². The Morgan fingerprint density at radius 1 is 1.37 bits per heavy atom. The largest absolute Gasteiger partial charge is 0.454 e. The van der Waals surface area contributed by atoms with Crippen LogP contribution in [0.4, 0.5) is 5.69 Å². The molecular formula is C11H12Cl2N2O4. The molecule has 8 heteroatoms. The second-order valence-electron chi connectivity index (χ2n) is 3.87. The molecular weight excluding hydrogens is 295 g/mol. The molecule has 0 saturated carbocycles. The zero-order valence-corrected chi connectivity index (χ0v) is 11.5. The number of halogens is 2. The van der Waals surface area contributed by atoms with E-state index >= 15 is 0 Å². The molecule has 1 unspecified atom stereocenters. The van der Waals surface area contributed by atoms with Crippen molar-refractivity contribution < 1.29 is 14.5 Å². The normalized spacial score (nSPS) is 13.9. The van der Waals surface area contributed by atoms with Gasteiger partial charge in [-0.15, -0.1) is 0 Å². The lowest BCUT2D eigenvalue weighted by Crippen LogP contribution is -2.30. The number of nitro groups is 1. The molecule has 1 aromatic rings. The number of hydrogen-bond donors (Lipinski definition) is 1. The maximum atomic E-state index is 11.4. The summed E-state index contributed by atoms with van der Waals surface area (Å²) in [5.74, 6) is -0.816. The fraction of sp³-hybridized carbons (Fsp3) is 0.364. The smallest absolute Gasteiger partial charge is 0.340 e. The lowest BCUT2D eigenvalue weighted by atomic mass is 10.0. The van der Waals surface area contributed by atoms with Crippen LogP contribution in [0.5, 0.6) is 0 Å². The molecule has 0 aliphatic heterocycles. The standard InChI is InChI=1S/C11H12Cl2N2O4/c1-6(14)9(19-11(16)10(12)13)7-2-4-8(5-3-7)15(17)18/h2-6,9-10H,14H2,1H3/t6-,9?/m0/s1. The van der Waals surface area contributed by atoms with Gasteiger partial charge in [0, 0.05) is 18.2 Å². The van der Waals surface area contributed by atoms with Crippen LogP contribution in [-0.2, 0) is 9.53 Å². The average Bonchev–Trinajstić information content (AvgIpc) is 2.35. The van der Waals surface area contributed by atoms with Gasteiger partial charge >= 0.3 is 5.97 Å². The Hall–Kier alpha value is -1.37. The number of non-ortho nitro benzene ring substituents is 1. The summed E-state index contributed by atoms with van der Waals surface area (Å²) < 4.78 is 5.06. The van der Waals surface area contributed by atoms with Gasteiger partial charge in [-0.2, -0.15) is 0 Å². The first-order chi connectivity index (χ1) is 8.82. The van der Waals surface area contributed by atoms with Crippen LogP contribution in [0.1, 0.15) is 18.6 Å². The van der Waals surface area contributed by atoms with E-state index in [1.807, 2.05) is 0 Å². The molecule has 0 saturated heterocycles. The third-order valence-electron chi connectivity index (χ3n) is 2.33. The molecule has 0 amide bonds. The van der Waals surface area contributed by atoms with Gasteiger partial charge in [-0.1, -0.05) is 23.2 Å². The zero-order chi connectivity index (χ0) is 14.6. The summed E-state index contributed by atoms with van der Waals surface area (Å²) in [4.78, 5) is 20.1. The number of esters is 1. The molecule has 0 aliphatic carbocycles. The summed E-state index contributed by atoms with van der Waals surface area (Å²) in [6.45, 7) is 1.64. The van der Waals surface area contributed by atoms with E-state index in [-0.39, 0.29) is 5.69 Å². The fourth-order valence-corrected chi connectivity index (χ4v) is 1.54. The van der Waals surface area contributed by atoms with Gasteiger partial charge in [0.15, 0.2) is 0 Å². The van der Waals surface area contributed by atoms with E-state index in [1.54, 1.807) is 6.92 Å². The van der Waals surface area contributed by atoms with E-state index < -0.39 is 27.9 Å². The molecule has 0 bridgehead atoms. The van der Waals surface area contributed by atoms with Gasteiger partial charge in [-0.05, 0) is 24.6 Å². The van der Waals surface area contributed by atoms with Crippen LogP contribution in [0.25, 0.3) is 0 Å². The number of nitro benzene ring substituents is 1. The minimum atomic E-state index is -1.31. The Morgan fingerprint density at radius 3 is 2.26 bits per heavy atom. The zero-order valence-electron chi connectivity index (χ0n) is 9.95. The molecule has 0 aromatic heterocycles. The lowest BCUT2D eigenvalue weighted by molar-refractivity contribution is -0.384. The van der Waals surface area contributed by atoms with Crippen molar-refractivity contribution in [3.05, 3.63) is 39.9 Å². The van der Waals surface area contributed by atoms with Gasteiger partial charge in [0.05, 0.1) is 4.92 Å². The van der Waals surface area contributed by atoms with Gasteiger partial charge in [-0.25, -0.2) is 4.79 Å². The van der Waals surface area contributed by atoms with E-state index in [9.17, 15) is 14.9 Å². The maximum absolute atomic E-state index is 11.4. The Morgan fingerprint density at radius 2 is 1.89 bits per heavy atom. The number of nitrogens with zero attached hydrogens (tertiary/aromatic N) is 1. The van der Waals surface area contributed by atoms with Crippen molar-refractivity contribution in [2.75, 3.05) is 0 Å². The highest BCUT2D eigenvalue weighted by Crippen LogP contribution is 2.24. The number of alkyl halides is 2. The molecule has 2 N–H and O–H groups in total. The van der Waals surface area contributed by atoms with Gasteiger partial charge < -0.3 is 10.5 Å².